The molecule has 17 heavy (non-hydrogen) atoms. The Hall–Kier alpha value is -1.23. The highest BCUT2D eigenvalue weighted by molar-refractivity contribution is 9.10. The fourth-order valence-corrected chi connectivity index (χ4v) is 2.35. The molecule has 0 radical (unpaired) electrons. The van der Waals surface area contributed by atoms with E-state index in [2.05, 4.69) is 15.9 Å². The molecule has 0 aliphatic carbocycles. The number of halogens is 1. The fraction of sp³-hybridized carbons (Fsp3) is 0.417. The molecule has 92 valence electrons. The monoisotopic (exact) mass is 299 g/mol. The van der Waals surface area contributed by atoms with E-state index in [0.717, 1.165) is 22.2 Å². The Balaban J connectivity index is 2.33. The summed E-state index contributed by atoms with van der Waals surface area (Å²) >= 11 is 3.39. The topological polar surface area (TPSA) is 61.5 Å². The number of carbonyl (C=O) groups is 1. The molecule has 1 aromatic carbocycles. The molecule has 0 saturated heterocycles. The van der Waals surface area contributed by atoms with Crippen LogP contribution in [0.15, 0.2) is 22.7 Å². The highest BCUT2D eigenvalue weighted by Crippen LogP contribution is 2.39. The lowest BCUT2D eigenvalue weighted by atomic mass is 9.98. The van der Waals surface area contributed by atoms with Crippen molar-refractivity contribution < 1.29 is 14.3 Å². The van der Waals surface area contributed by atoms with Gasteiger partial charge in [-0.25, -0.2) is 4.79 Å². The summed E-state index contributed by atoms with van der Waals surface area (Å²) in [5, 5.41) is 0. The quantitative estimate of drug-likeness (QED) is 0.912. The first-order chi connectivity index (χ1) is 8.10. The molecule has 2 N–H and O–H groups in total. The average molecular weight is 300 g/mol. The first-order valence-electron chi connectivity index (χ1n) is 5.52. The number of rotatable bonds is 2. The van der Waals surface area contributed by atoms with Crippen LogP contribution in [0.25, 0.3) is 0 Å². The molecule has 0 saturated carbocycles. The second kappa shape index (κ2) is 4.96. The largest absolute Gasteiger partial charge is 0.490 e. The summed E-state index contributed by atoms with van der Waals surface area (Å²) in [5.41, 5.74) is 5.96. The van der Waals surface area contributed by atoms with Crippen molar-refractivity contribution in [1.29, 1.82) is 0 Å². The number of nitrogens with two attached hydrogens (primary N) is 1. The summed E-state index contributed by atoms with van der Waals surface area (Å²) < 4.78 is 11.9. The third-order valence-electron chi connectivity index (χ3n) is 2.80. The summed E-state index contributed by atoms with van der Waals surface area (Å²) in [6.07, 6.45) is 0.501. The van der Waals surface area contributed by atoms with Gasteiger partial charge >= 0.3 is 6.09 Å². The van der Waals surface area contributed by atoms with E-state index < -0.39 is 6.09 Å². The third kappa shape index (κ3) is 2.72. The maximum Gasteiger partial charge on any atom is 0.405 e. The zero-order valence-electron chi connectivity index (χ0n) is 9.48. The lowest BCUT2D eigenvalue weighted by Crippen LogP contribution is -2.29. The first-order valence-corrected chi connectivity index (χ1v) is 6.31. The predicted octanol–water partition coefficient (Wildman–Crippen LogP) is 3.15. The van der Waals surface area contributed by atoms with Gasteiger partial charge in [-0.2, -0.15) is 0 Å². The summed E-state index contributed by atoms with van der Waals surface area (Å²) in [5.74, 6) is 0.762. The second-order valence-corrected chi connectivity index (χ2v) is 4.91. The van der Waals surface area contributed by atoms with E-state index >= 15 is 0 Å². The van der Waals surface area contributed by atoms with E-state index in [9.17, 15) is 4.79 Å². The molecule has 1 aromatic rings. The molecule has 1 heterocycles. The maximum absolute atomic E-state index is 10.9. The summed E-state index contributed by atoms with van der Waals surface area (Å²) in [4.78, 5) is 10.9. The molecule has 4 nitrogen and oxygen atoms in total. The summed E-state index contributed by atoms with van der Waals surface area (Å²) in [6, 6.07) is 5.67. The minimum atomic E-state index is -0.752. The van der Waals surface area contributed by atoms with E-state index in [1.165, 1.54) is 0 Å². The van der Waals surface area contributed by atoms with E-state index in [1.807, 2.05) is 25.1 Å². The molecule has 5 heteroatoms. The predicted molar refractivity (Wildman–Crippen MR) is 66.9 cm³/mol. The van der Waals surface area contributed by atoms with Crippen LogP contribution < -0.4 is 10.5 Å². The van der Waals surface area contributed by atoms with Crippen LogP contribution in [-0.4, -0.2) is 12.2 Å². The number of hydrogen-bond acceptors (Lipinski definition) is 3. The van der Waals surface area contributed by atoms with Gasteiger partial charge < -0.3 is 15.2 Å². The Kier molecular flexibility index (Phi) is 3.57. The van der Waals surface area contributed by atoms with Gasteiger partial charge in [0.2, 0.25) is 0 Å². The normalized spacial score (nSPS) is 22.5. The van der Waals surface area contributed by atoms with Crippen molar-refractivity contribution in [3.05, 3.63) is 28.2 Å². The number of fused-ring (bicyclic) bond motifs is 1. The van der Waals surface area contributed by atoms with E-state index in [-0.39, 0.29) is 12.2 Å². The zero-order chi connectivity index (χ0) is 12.4. The van der Waals surface area contributed by atoms with Gasteiger partial charge in [0, 0.05) is 16.5 Å². The van der Waals surface area contributed by atoms with Crippen LogP contribution in [-0.2, 0) is 4.74 Å². The fourth-order valence-electron chi connectivity index (χ4n) is 1.97. The number of carbonyl (C=O) groups excluding carboxylic acids is 1. The molecule has 2 unspecified atom stereocenters. The molecule has 0 fully saturated rings. The van der Waals surface area contributed by atoms with Gasteiger partial charge in [-0.1, -0.05) is 22.9 Å². The third-order valence-corrected chi connectivity index (χ3v) is 3.30. The zero-order valence-corrected chi connectivity index (χ0v) is 11.1. The van der Waals surface area contributed by atoms with Crippen LogP contribution in [0.5, 0.6) is 5.75 Å². The highest BCUT2D eigenvalue weighted by Gasteiger charge is 2.29. The number of amides is 1. The van der Waals surface area contributed by atoms with Gasteiger partial charge in [0.05, 0.1) is 0 Å². The molecule has 1 aliphatic heterocycles. The standard InChI is InChI=1S/C12H14BrNO3/c1-2-8-6-11(17-12(14)15)9-5-7(13)3-4-10(9)16-8/h3-5,8,11H,2,6H2,1H3,(H2,14,15). The molecule has 0 aromatic heterocycles. The average Bonchev–Trinajstić information content (AvgIpc) is 2.28. The SMILES string of the molecule is CCC1CC(OC(N)=O)c2cc(Br)ccc2O1. The molecular weight excluding hydrogens is 286 g/mol. The van der Waals surface area contributed by atoms with Crippen molar-refractivity contribution >= 4 is 22.0 Å². The van der Waals surface area contributed by atoms with Crippen LogP contribution in [0.3, 0.4) is 0 Å². The van der Waals surface area contributed by atoms with Crippen molar-refractivity contribution in [1.82, 2.24) is 0 Å². The van der Waals surface area contributed by atoms with Crippen molar-refractivity contribution in [2.24, 2.45) is 5.73 Å². The van der Waals surface area contributed by atoms with E-state index in [0.29, 0.717) is 6.42 Å². The summed E-state index contributed by atoms with van der Waals surface area (Å²) in [6.45, 7) is 2.04. The Morgan fingerprint density at radius 3 is 3.06 bits per heavy atom. The number of primary amides is 1. The van der Waals surface area contributed by atoms with Crippen LogP contribution in [0.2, 0.25) is 0 Å². The molecule has 0 bridgehead atoms. The maximum atomic E-state index is 10.9. The van der Waals surface area contributed by atoms with Crippen molar-refractivity contribution in [3.63, 3.8) is 0 Å². The highest BCUT2D eigenvalue weighted by atomic mass is 79.9. The minimum absolute atomic E-state index is 0.0630. The molecule has 2 atom stereocenters. The van der Waals surface area contributed by atoms with Gasteiger partial charge in [-0.05, 0) is 24.6 Å². The van der Waals surface area contributed by atoms with Gasteiger partial charge in [0.15, 0.2) is 0 Å². The molecule has 1 amide bonds. The lowest BCUT2D eigenvalue weighted by Gasteiger charge is -2.31. The Bertz CT molecular complexity index is 436. The smallest absolute Gasteiger partial charge is 0.405 e. The molecule has 2 rings (SSSR count). The number of ether oxygens (including phenoxy) is 2. The number of benzene rings is 1. The van der Waals surface area contributed by atoms with Crippen LogP contribution in [0, 0.1) is 0 Å². The van der Waals surface area contributed by atoms with Crippen LogP contribution in [0.4, 0.5) is 4.79 Å². The summed E-state index contributed by atoms with van der Waals surface area (Å²) in [7, 11) is 0. The van der Waals surface area contributed by atoms with Gasteiger partial charge in [0.25, 0.3) is 0 Å². The van der Waals surface area contributed by atoms with Crippen LogP contribution >= 0.6 is 15.9 Å². The Morgan fingerprint density at radius 1 is 1.65 bits per heavy atom. The van der Waals surface area contributed by atoms with Crippen molar-refractivity contribution in [2.75, 3.05) is 0 Å². The Morgan fingerprint density at radius 2 is 2.41 bits per heavy atom. The van der Waals surface area contributed by atoms with E-state index in [1.54, 1.807) is 0 Å². The van der Waals surface area contributed by atoms with Gasteiger partial charge in [-0.15, -0.1) is 0 Å². The minimum Gasteiger partial charge on any atom is -0.490 e. The number of hydrogen-bond donors (Lipinski definition) is 1. The molecular formula is C12H14BrNO3. The van der Waals surface area contributed by atoms with Gasteiger partial charge in [0.1, 0.15) is 18.0 Å². The first kappa shape index (κ1) is 12.2. The Labute approximate surface area is 108 Å². The lowest BCUT2D eigenvalue weighted by molar-refractivity contribution is 0.0447. The second-order valence-electron chi connectivity index (χ2n) is 3.99. The molecule has 0 spiro atoms. The van der Waals surface area contributed by atoms with Crippen molar-refractivity contribution in [3.8, 4) is 5.75 Å². The van der Waals surface area contributed by atoms with Gasteiger partial charge in [-0.3, -0.25) is 0 Å². The molecule has 1 aliphatic rings. The van der Waals surface area contributed by atoms with Crippen molar-refractivity contribution in [2.45, 2.75) is 32.0 Å². The van der Waals surface area contributed by atoms with E-state index in [4.69, 9.17) is 15.2 Å². The van der Waals surface area contributed by atoms with Crippen LogP contribution in [0.1, 0.15) is 31.4 Å².